The summed E-state index contributed by atoms with van der Waals surface area (Å²) >= 11 is 0. The molecule has 2 aromatic heterocycles. The van der Waals surface area contributed by atoms with E-state index in [2.05, 4.69) is 57.5 Å². The Hall–Kier alpha value is -2.60. The largest absolute Gasteiger partial charge is 0.364 e. The monoisotopic (exact) mass is 376 g/mol. The summed E-state index contributed by atoms with van der Waals surface area (Å²) in [7, 11) is 2.18. The predicted molar refractivity (Wildman–Crippen MR) is 114 cm³/mol. The summed E-state index contributed by atoms with van der Waals surface area (Å²) in [5.74, 6) is 1.92. The minimum absolute atomic E-state index is 0.750. The van der Waals surface area contributed by atoms with Crippen molar-refractivity contribution < 1.29 is 0 Å². The van der Waals surface area contributed by atoms with Crippen molar-refractivity contribution in [2.24, 2.45) is 0 Å². The molecule has 5 rings (SSSR count). The fraction of sp³-hybridized carbons (Fsp3) is 0.455. The molecule has 1 fully saturated rings. The van der Waals surface area contributed by atoms with Crippen LogP contribution in [0.5, 0.6) is 0 Å². The number of piperazine rings is 1. The zero-order chi connectivity index (χ0) is 18.9. The molecule has 1 aliphatic heterocycles. The molecule has 1 saturated heterocycles. The number of nitrogens with one attached hydrogen (secondary N) is 2. The Morgan fingerprint density at radius 3 is 2.71 bits per heavy atom. The molecule has 6 nitrogen and oxygen atoms in total. The maximum absolute atomic E-state index is 4.98. The van der Waals surface area contributed by atoms with E-state index in [-0.39, 0.29) is 0 Å². The van der Waals surface area contributed by atoms with Crippen molar-refractivity contribution in [1.82, 2.24) is 19.9 Å². The Morgan fingerprint density at radius 1 is 1.04 bits per heavy atom. The van der Waals surface area contributed by atoms with Crippen molar-refractivity contribution in [2.45, 2.75) is 32.2 Å². The first-order valence-electron chi connectivity index (χ1n) is 10.4. The van der Waals surface area contributed by atoms with Crippen LogP contribution >= 0.6 is 0 Å². The van der Waals surface area contributed by atoms with Gasteiger partial charge in [-0.1, -0.05) is 18.2 Å². The molecule has 0 amide bonds. The SMILES string of the molecule is CN1CCN(c2nc3c(c(NCc4cc5ccccc5[nH]4)n2)CCCC3)CC1. The van der Waals surface area contributed by atoms with Gasteiger partial charge in [-0.2, -0.15) is 4.98 Å². The van der Waals surface area contributed by atoms with E-state index in [9.17, 15) is 0 Å². The number of benzene rings is 1. The molecule has 2 aliphatic rings. The molecule has 1 aliphatic carbocycles. The van der Waals surface area contributed by atoms with Crippen LogP contribution in [0.3, 0.4) is 0 Å². The summed E-state index contributed by atoms with van der Waals surface area (Å²) in [6.07, 6.45) is 4.60. The quantitative estimate of drug-likeness (QED) is 0.732. The maximum atomic E-state index is 4.98. The van der Waals surface area contributed by atoms with Gasteiger partial charge < -0.3 is 20.1 Å². The highest BCUT2D eigenvalue weighted by Crippen LogP contribution is 2.28. The Kier molecular flexibility index (Phi) is 4.64. The third-order valence-electron chi connectivity index (χ3n) is 5.99. The molecule has 2 N–H and O–H groups in total. The number of aromatic amines is 1. The van der Waals surface area contributed by atoms with E-state index >= 15 is 0 Å². The summed E-state index contributed by atoms with van der Waals surface area (Å²) in [5.41, 5.74) is 4.93. The fourth-order valence-corrected chi connectivity index (χ4v) is 4.28. The van der Waals surface area contributed by atoms with Gasteiger partial charge in [0.25, 0.3) is 0 Å². The number of aromatic nitrogens is 3. The molecule has 3 heterocycles. The number of rotatable bonds is 4. The van der Waals surface area contributed by atoms with Crippen molar-refractivity contribution >= 4 is 22.7 Å². The van der Waals surface area contributed by atoms with Crippen LogP contribution in [0.4, 0.5) is 11.8 Å². The van der Waals surface area contributed by atoms with Crippen molar-refractivity contribution in [3.63, 3.8) is 0 Å². The molecule has 0 atom stereocenters. The van der Waals surface area contributed by atoms with Crippen LogP contribution in [-0.2, 0) is 19.4 Å². The first-order chi connectivity index (χ1) is 13.8. The number of fused-ring (bicyclic) bond motifs is 2. The van der Waals surface area contributed by atoms with Crippen molar-refractivity contribution in [2.75, 3.05) is 43.4 Å². The third kappa shape index (κ3) is 3.44. The van der Waals surface area contributed by atoms with Gasteiger partial charge in [-0.25, -0.2) is 4.98 Å². The van der Waals surface area contributed by atoms with E-state index in [1.807, 2.05) is 0 Å². The molecule has 3 aromatic rings. The molecule has 0 unspecified atom stereocenters. The lowest BCUT2D eigenvalue weighted by atomic mass is 9.96. The van der Waals surface area contributed by atoms with Gasteiger partial charge >= 0.3 is 0 Å². The van der Waals surface area contributed by atoms with Crippen LogP contribution in [0.2, 0.25) is 0 Å². The van der Waals surface area contributed by atoms with Crippen LogP contribution in [0.1, 0.15) is 29.8 Å². The van der Waals surface area contributed by atoms with Crippen molar-refractivity contribution in [3.05, 3.63) is 47.3 Å². The van der Waals surface area contributed by atoms with Crippen LogP contribution in [0, 0.1) is 0 Å². The molecule has 0 saturated carbocycles. The van der Waals surface area contributed by atoms with Crippen LogP contribution in [0.15, 0.2) is 30.3 Å². The Labute approximate surface area is 166 Å². The van der Waals surface area contributed by atoms with Crippen molar-refractivity contribution in [1.29, 1.82) is 0 Å². The summed E-state index contributed by atoms with van der Waals surface area (Å²) < 4.78 is 0. The second kappa shape index (κ2) is 7.43. The number of aryl methyl sites for hydroxylation is 1. The first-order valence-corrected chi connectivity index (χ1v) is 10.4. The lowest BCUT2D eigenvalue weighted by molar-refractivity contribution is 0.311. The summed E-state index contributed by atoms with van der Waals surface area (Å²) in [4.78, 5) is 18.1. The van der Waals surface area contributed by atoms with Crippen LogP contribution in [0.25, 0.3) is 10.9 Å². The maximum Gasteiger partial charge on any atom is 0.227 e. The normalized spacial score (nSPS) is 17.7. The average Bonchev–Trinajstić information content (AvgIpc) is 3.15. The second-order valence-corrected chi connectivity index (χ2v) is 8.03. The second-order valence-electron chi connectivity index (χ2n) is 8.03. The summed E-state index contributed by atoms with van der Waals surface area (Å²) in [6.45, 7) is 4.88. The Bertz CT molecular complexity index is 937. The third-order valence-corrected chi connectivity index (χ3v) is 5.99. The minimum Gasteiger partial charge on any atom is -0.364 e. The first kappa shape index (κ1) is 17.5. The lowest BCUT2D eigenvalue weighted by Crippen LogP contribution is -2.45. The number of nitrogens with zero attached hydrogens (tertiary/aromatic N) is 4. The van der Waals surface area contributed by atoms with Gasteiger partial charge in [0.2, 0.25) is 5.95 Å². The molecular weight excluding hydrogens is 348 g/mol. The predicted octanol–water partition coefficient (Wildman–Crippen LogP) is 3.20. The van der Waals surface area contributed by atoms with Gasteiger partial charge in [0, 0.05) is 43.0 Å². The molecule has 6 heteroatoms. The minimum atomic E-state index is 0.750. The zero-order valence-electron chi connectivity index (χ0n) is 16.5. The Morgan fingerprint density at radius 2 is 1.86 bits per heavy atom. The van der Waals surface area contributed by atoms with Gasteiger partial charge in [-0.3, -0.25) is 0 Å². The summed E-state index contributed by atoms with van der Waals surface area (Å²) in [5, 5.41) is 4.87. The molecular formula is C22H28N6. The number of likely N-dealkylation sites (N-methyl/N-ethyl adjacent to an activating group) is 1. The smallest absolute Gasteiger partial charge is 0.227 e. The van der Waals surface area contributed by atoms with Gasteiger partial charge in [-0.05, 0) is 50.2 Å². The highest BCUT2D eigenvalue weighted by molar-refractivity contribution is 5.80. The number of H-pyrrole nitrogens is 1. The van der Waals surface area contributed by atoms with E-state index in [0.29, 0.717) is 0 Å². The molecule has 28 heavy (non-hydrogen) atoms. The topological polar surface area (TPSA) is 60.1 Å². The van der Waals surface area contributed by atoms with E-state index in [1.54, 1.807) is 0 Å². The van der Waals surface area contributed by atoms with Gasteiger partial charge in [0.1, 0.15) is 5.82 Å². The van der Waals surface area contributed by atoms with E-state index < -0.39 is 0 Å². The number of para-hydroxylation sites is 1. The van der Waals surface area contributed by atoms with E-state index in [1.165, 1.54) is 40.7 Å². The number of hydrogen-bond donors (Lipinski definition) is 2. The lowest BCUT2D eigenvalue weighted by Gasteiger charge is -2.33. The fourth-order valence-electron chi connectivity index (χ4n) is 4.28. The average molecular weight is 377 g/mol. The molecule has 0 bridgehead atoms. The molecule has 146 valence electrons. The molecule has 0 spiro atoms. The highest BCUT2D eigenvalue weighted by atomic mass is 15.3. The number of hydrogen-bond acceptors (Lipinski definition) is 5. The van der Waals surface area contributed by atoms with E-state index in [0.717, 1.165) is 57.3 Å². The molecule has 1 aromatic carbocycles. The van der Waals surface area contributed by atoms with Crippen LogP contribution in [-0.4, -0.2) is 53.1 Å². The Balaban J connectivity index is 1.41. The van der Waals surface area contributed by atoms with E-state index in [4.69, 9.17) is 9.97 Å². The van der Waals surface area contributed by atoms with Gasteiger partial charge in [-0.15, -0.1) is 0 Å². The molecule has 0 radical (unpaired) electrons. The van der Waals surface area contributed by atoms with Crippen molar-refractivity contribution in [3.8, 4) is 0 Å². The van der Waals surface area contributed by atoms with Crippen LogP contribution < -0.4 is 10.2 Å². The van der Waals surface area contributed by atoms with Gasteiger partial charge in [0.05, 0.1) is 12.2 Å². The summed E-state index contributed by atoms with van der Waals surface area (Å²) in [6, 6.07) is 10.6. The van der Waals surface area contributed by atoms with Gasteiger partial charge in [0.15, 0.2) is 0 Å². The highest BCUT2D eigenvalue weighted by Gasteiger charge is 2.22. The zero-order valence-corrected chi connectivity index (χ0v) is 16.5. The number of anilines is 2. The standard InChI is InChI=1S/C22H28N6/c1-27-10-12-28(13-11-27)22-25-20-9-5-3-7-18(20)21(26-22)23-15-17-14-16-6-2-4-8-19(16)24-17/h2,4,6,8,14,24H,3,5,7,9-13,15H2,1H3,(H,23,25,26).